The summed E-state index contributed by atoms with van der Waals surface area (Å²) in [6, 6.07) is 12.4. The van der Waals surface area contributed by atoms with Crippen LogP contribution in [0, 0.1) is 0 Å². The maximum Gasteiger partial charge on any atom is 0.333 e. The Morgan fingerprint density at radius 1 is 1.15 bits per heavy atom. The quantitative estimate of drug-likeness (QED) is 0.419. The molecule has 8 heteroatoms. The number of carboxylic acids is 1. The predicted molar refractivity (Wildman–Crippen MR) is 125 cm³/mol. The smallest absolute Gasteiger partial charge is 0.333 e. The zero-order valence-corrected chi connectivity index (χ0v) is 19.6. The van der Waals surface area contributed by atoms with E-state index in [9.17, 15) is 14.7 Å². The van der Waals surface area contributed by atoms with Crippen molar-refractivity contribution in [1.29, 1.82) is 0 Å². The summed E-state index contributed by atoms with van der Waals surface area (Å²) in [5, 5.41) is 9.88. The minimum Gasteiger partial charge on any atom is -0.494 e. The van der Waals surface area contributed by atoms with Gasteiger partial charge < -0.3 is 24.2 Å². The van der Waals surface area contributed by atoms with E-state index in [1.807, 2.05) is 31.2 Å². The van der Waals surface area contributed by atoms with E-state index in [1.165, 1.54) is 0 Å². The van der Waals surface area contributed by atoms with Crippen LogP contribution < -0.4 is 9.47 Å². The third-order valence-electron chi connectivity index (χ3n) is 5.37. The van der Waals surface area contributed by atoms with Gasteiger partial charge in [0.25, 0.3) is 5.91 Å². The summed E-state index contributed by atoms with van der Waals surface area (Å²) in [6.07, 6.45) is 2.85. The van der Waals surface area contributed by atoms with E-state index in [0.717, 1.165) is 37.0 Å². The van der Waals surface area contributed by atoms with Crippen LogP contribution in [0.2, 0.25) is 5.02 Å². The summed E-state index contributed by atoms with van der Waals surface area (Å²) in [6.45, 7) is 3.80. The van der Waals surface area contributed by atoms with Crippen LogP contribution in [0.4, 0.5) is 0 Å². The normalized spacial score (nSPS) is 13.9. The zero-order valence-electron chi connectivity index (χ0n) is 18.8. The number of fused-ring (bicyclic) bond motifs is 1. The van der Waals surface area contributed by atoms with Crippen molar-refractivity contribution in [2.75, 3.05) is 26.5 Å². The van der Waals surface area contributed by atoms with Crippen molar-refractivity contribution in [3.63, 3.8) is 0 Å². The Hall–Kier alpha value is -2.77. The molecule has 33 heavy (non-hydrogen) atoms. The summed E-state index contributed by atoms with van der Waals surface area (Å²) in [4.78, 5) is 25.6. The van der Waals surface area contributed by atoms with Crippen molar-refractivity contribution in [2.24, 2.45) is 0 Å². The number of hydrogen-bond acceptors (Lipinski definition) is 5. The fourth-order valence-electron chi connectivity index (χ4n) is 3.45. The van der Waals surface area contributed by atoms with E-state index in [0.29, 0.717) is 42.5 Å². The number of carbonyl (C=O) groups excluding carboxylic acids is 1. The number of rotatable bonds is 13. The molecule has 1 N–H and O–H groups in total. The van der Waals surface area contributed by atoms with Crippen LogP contribution in [0.25, 0.3) is 0 Å². The topological polar surface area (TPSA) is 85.3 Å². The third kappa shape index (κ3) is 7.37. The monoisotopic (exact) mass is 475 g/mol. The number of carboxylic acid groups (broad SMARTS) is 1. The van der Waals surface area contributed by atoms with Gasteiger partial charge in [-0.2, -0.15) is 0 Å². The standard InChI is InChI=1S/C25H30ClNO6/c1-2-3-13-32-23(25(29)30)15-18-6-9-20(10-7-18)31-14-5-4-12-27-17-33-22-16-19(26)8-11-21(22)24(27)28/h6-11,16,23H,2-5,12-15,17H2,1H3,(H,29,30). The molecule has 1 aliphatic heterocycles. The second-order valence-corrected chi connectivity index (χ2v) is 8.37. The highest BCUT2D eigenvalue weighted by atomic mass is 35.5. The van der Waals surface area contributed by atoms with E-state index in [2.05, 4.69) is 0 Å². The summed E-state index contributed by atoms with van der Waals surface area (Å²) in [5.41, 5.74) is 1.42. The summed E-state index contributed by atoms with van der Waals surface area (Å²) >= 11 is 5.95. The lowest BCUT2D eigenvalue weighted by atomic mass is 10.1. The van der Waals surface area contributed by atoms with Crippen LogP contribution in [-0.2, 0) is 16.0 Å². The van der Waals surface area contributed by atoms with Gasteiger partial charge in [-0.05, 0) is 55.2 Å². The van der Waals surface area contributed by atoms with Gasteiger partial charge in [-0.3, -0.25) is 4.79 Å². The number of unbranched alkanes of at least 4 members (excludes halogenated alkanes) is 2. The molecule has 2 aromatic carbocycles. The SMILES string of the molecule is CCCCOC(Cc1ccc(OCCCCN2COc3cc(Cl)ccc3C2=O)cc1)C(=O)O. The molecule has 2 aromatic rings. The molecule has 0 spiro atoms. The third-order valence-corrected chi connectivity index (χ3v) is 5.60. The highest BCUT2D eigenvalue weighted by molar-refractivity contribution is 6.30. The lowest BCUT2D eigenvalue weighted by Gasteiger charge is -2.28. The maximum absolute atomic E-state index is 12.6. The average Bonchev–Trinajstić information content (AvgIpc) is 2.80. The van der Waals surface area contributed by atoms with Crippen molar-refractivity contribution in [3.8, 4) is 11.5 Å². The summed E-state index contributed by atoms with van der Waals surface area (Å²) < 4.78 is 16.9. The molecular weight excluding hydrogens is 446 g/mol. The zero-order chi connectivity index (χ0) is 23.6. The molecule has 1 atom stereocenters. The molecule has 1 unspecified atom stereocenters. The second-order valence-electron chi connectivity index (χ2n) is 7.94. The van der Waals surface area contributed by atoms with E-state index < -0.39 is 12.1 Å². The molecule has 1 heterocycles. The van der Waals surface area contributed by atoms with Gasteiger partial charge in [0.1, 0.15) is 11.5 Å². The molecule has 1 aliphatic rings. The first-order chi connectivity index (χ1) is 16.0. The number of hydrogen-bond donors (Lipinski definition) is 1. The van der Waals surface area contributed by atoms with Crippen molar-refractivity contribution < 1.29 is 28.9 Å². The highest BCUT2D eigenvalue weighted by Gasteiger charge is 2.25. The molecule has 0 bridgehead atoms. The fourth-order valence-corrected chi connectivity index (χ4v) is 3.61. The molecule has 3 rings (SSSR count). The van der Waals surface area contributed by atoms with Crippen molar-refractivity contribution in [2.45, 2.75) is 45.1 Å². The Balaban J connectivity index is 1.37. The van der Waals surface area contributed by atoms with Gasteiger partial charge in [0.05, 0.1) is 12.2 Å². The number of carbonyl (C=O) groups is 2. The van der Waals surface area contributed by atoms with Crippen molar-refractivity contribution >= 4 is 23.5 Å². The van der Waals surface area contributed by atoms with Crippen LogP contribution in [0.3, 0.4) is 0 Å². The van der Waals surface area contributed by atoms with Crippen LogP contribution in [0.1, 0.15) is 48.5 Å². The van der Waals surface area contributed by atoms with Gasteiger partial charge in [-0.1, -0.05) is 37.1 Å². The minimum atomic E-state index is -0.948. The lowest BCUT2D eigenvalue weighted by Crippen LogP contribution is -2.39. The van der Waals surface area contributed by atoms with Gasteiger partial charge >= 0.3 is 5.97 Å². The first-order valence-electron chi connectivity index (χ1n) is 11.3. The first kappa shape index (κ1) is 24.9. The number of benzene rings is 2. The van der Waals surface area contributed by atoms with Gasteiger partial charge in [0.2, 0.25) is 0 Å². The van der Waals surface area contributed by atoms with E-state index in [4.69, 9.17) is 25.8 Å². The molecule has 0 aromatic heterocycles. The molecule has 0 aliphatic carbocycles. The summed E-state index contributed by atoms with van der Waals surface area (Å²) in [5.74, 6) is 0.248. The first-order valence-corrected chi connectivity index (χ1v) is 11.6. The largest absolute Gasteiger partial charge is 0.494 e. The molecular formula is C25H30ClNO6. The molecule has 1 amide bonds. The number of nitrogens with zero attached hydrogens (tertiary/aromatic N) is 1. The Morgan fingerprint density at radius 3 is 2.67 bits per heavy atom. The second kappa shape index (κ2) is 12.5. The van der Waals surface area contributed by atoms with Crippen LogP contribution in [0.5, 0.6) is 11.5 Å². The molecule has 0 saturated carbocycles. The van der Waals surface area contributed by atoms with E-state index in [1.54, 1.807) is 23.1 Å². The van der Waals surface area contributed by atoms with Crippen LogP contribution >= 0.6 is 11.6 Å². The Morgan fingerprint density at radius 2 is 1.94 bits per heavy atom. The van der Waals surface area contributed by atoms with Crippen molar-refractivity contribution in [3.05, 3.63) is 58.6 Å². The fraction of sp³-hybridized carbons (Fsp3) is 0.440. The minimum absolute atomic E-state index is 0.0530. The molecule has 0 saturated heterocycles. The van der Waals surface area contributed by atoms with Crippen molar-refractivity contribution in [1.82, 2.24) is 4.90 Å². The molecule has 0 fully saturated rings. The van der Waals surface area contributed by atoms with Crippen LogP contribution in [-0.4, -0.2) is 54.5 Å². The van der Waals surface area contributed by atoms with Gasteiger partial charge in [0.15, 0.2) is 12.8 Å². The Labute approximate surface area is 199 Å². The average molecular weight is 476 g/mol. The number of aliphatic carboxylic acids is 1. The van der Waals surface area contributed by atoms with E-state index in [-0.39, 0.29) is 12.6 Å². The molecule has 0 radical (unpaired) electrons. The van der Waals surface area contributed by atoms with E-state index >= 15 is 0 Å². The molecule has 7 nitrogen and oxygen atoms in total. The van der Waals surface area contributed by atoms with Crippen LogP contribution in [0.15, 0.2) is 42.5 Å². The van der Waals surface area contributed by atoms with Gasteiger partial charge in [0, 0.05) is 24.6 Å². The van der Waals surface area contributed by atoms with Gasteiger partial charge in [-0.15, -0.1) is 0 Å². The number of ether oxygens (including phenoxy) is 3. The predicted octanol–water partition coefficient (Wildman–Crippen LogP) is 4.80. The Bertz CT molecular complexity index is 933. The number of halogens is 1. The van der Waals surface area contributed by atoms with Gasteiger partial charge in [-0.25, -0.2) is 4.79 Å². The Kier molecular flexibility index (Phi) is 9.39. The number of amides is 1. The lowest BCUT2D eigenvalue weighted by molar-refractivity contribution is -0.150. The highest BCUT2D eigenvalue weighted by Crippen LogP contribution is 2.28. The maximum atomic E-state index is 12.6. The molecule has 178 valence electrons. The summed E-state index contributed by atoms with van der Waals surface area (Å²) in [7, 11) is 0.